The number of hydrogen-bond donors (Lipinski definition) is 2. The van der Waals surface area contributed by atoms with Crippen LogP contribution in [0.2, 0.25) is 0 Å². The molecule has 1 saturated carbocycles. The first-order valence-corrected chi connectivity index (χ1v) is 7.68. The van der Waals surface area contributed by atoms with Crippen molar-refractivity contribution in [2.45, 2.75) is 37.1 Å². The van der Waals surface area contributed by atoms with Crippen molar-refractivity contribution in [3.8, 4) is 11.8 Å². The maximum absolute atomic E-state index is 12.4. The van der Waals surface area contributed by atoms with Crippen LogP contribution in [0, 0.1) is 18.8 Å². The zero-order chi connectivity index (χ0) is 14.1. The highest BCUT2D eigenvalue weighted by Gasteiger charge is 2.41. The van der Waals surface area contributed by atoms with Crippen LogP contribution in [0.4, 0.5) is 0 Å². The highest BCUT2D eigenvalue weighted by molar-refractivity contribution is 7.89. The van der Waals surface area contributed by atoms with Crippen LogP contribution in [-0.4, -0.2) is 20.5 Å². The van der Waals surface area contributed by atoms with Gasteiger partial charge in [0.2, 0.25) is 10.0 Å². The van der Waals surface area contributed by atoms with E-state index < -0.39 is 10.0 Å². The van der Waals surface area contributed by atoms with E-state index in [1.54, 1.807) is 18.2 Å². The van der Waals surface area contributed by atoms with Gasteiger partial charge in [-0.05, 0) is 44.4 Å². The number of nitrogens with one attached hydrogen (secondary N) is 1. The van der Waals surface area contributed by atoms with Crippen molar-refractivity contribution < 1.29 is 8.42 Å². The fourth-order valence-electron chi connectivity index (χ4n) is 1.79. The Morgan fingerprint density at radius 2 is 2.11 bits per heavy atom. The summed E-state index contributed by atoms with van der Waals surface area (Å²) in [6.45, 7) is 4.02. The number of sulfonamides is 1. The van der Waals surface area contributed by atoms with Gasteiger partial charge in [-0.2, -0.15) is 0 Å². The van der Waals surface area contributed by atoms with Gasteiger partial charge in [-0.3, -0.25) is 0 Å². The SMILES string of the molecule is Cc1ccc(S(=O)(=O)NC2(C)CC2)c(C#CCN)c1. The van der Waals surface area contributed by atoms with E-state index in [2.05, 4.69) is 16.6 Å². The monoisotopic (exact) mass is 278 g/mol. The second-order valence-corrected chi connectivity index (χ2v) is 6.82. The summed E-state index contributed by atoms with van der Waals surface area (Å²) in [4.78, 5) is 0.229. The predicted molar refractivity (Wildman–Crippen MR) is 75.1 cm³/mol. The van der Waals surface area contributed by atoms with Gasteiger partial charge in [0.15, 0.2) is 0 Å². The van der Waals surface area contributed by atoms with Gasteiger partial charge in [0, 0.05) is 11.1 Å². The lowest BCUT2D eigenvalue weighted by molar-refractivity contribution is 0.558. The molecule has 102 valence electrons. The normalized spacial score (nSPS) is 16.6. The molecule has 0 bridgehead atoms. The molecule has 0 unspecified atom stereocenters. The zero-order valence-electron chi connectivity index (χ0n) is 11.2. The van der Waals surface area contributed by atoms with Crippen LogP contribution in [0.1, 0.15) is 30.9 Å². The van der Waals surface area contributed by atoms with Gasteiger partial charge in [0.05, 0.1) is 11.4 Å². The maximum atomic E-state index is 12.4. The van der Waals surface area contributed by atoms with Crippen LogP contribution in [-0.2, 0) is 10.0 Å². The van der Waals surface area contributed by atoms with Gasteiger partial charge in [-0.1, -0.05) is 17.9 Å². The maximum Gasteiger partial charge on any atom is 0.242 e. The lowest BCUT2D eigenvalue weighted by Crippen LogP contribution is -2.34. The largest absolute Gasteiger partial charge is 0.320 e. The van der Waals surface area contributed by atoms with Gasteiger partial charge in [-0.25, -0.2) is 13.1 Å². The van der Waals surface area contributed by atoms with Gasteiger partial charge >= 0.3 is 0 Å². The van der Waals surface area contributed by atoms with E-state index in [1.807, 2.05) is 13.8 Å². The fourth-order valence-corrected chi connectivity index (χ4v) is 3.40. The summed E-state index contributed by atoms with van der Waals surface area (Å²) in [7, 11) is -3.53. The first kappa shape index (κ1) is 14.1. The van der Waals surface area contributed by atoms with Crippen molar-refractivity contribution in [1.29, 1.82) is 0 Å². The Balaban J connectivity index is 2.43. The van der Waals surface area contributed by atoms with Gasteiger partial charge < -0.3 is 5.73 Å². The molecule has 3 N–H and O–H groups in total. The summed E-state index contributed by atoms with van der Waals surface area (Å²) in [5.41, 5.74) is 6.53. The minimum Gasteiger partial charge on any atom is -0.320 e. The average Bonchev–Trinajstić information content (AvgIpc) is 3.02. The number of hydrogen-bond acceptors (Lipinski definition) is 3. The Bertz CT molecular complexity index is 650. The van der Waals surface area contributed by atoms with Crippen LogP contribution in [0.3, 0.4) is 0 Å². The smallest absolute Gasteiger partial charge is 0.242 e. The molecule has 1 aliphatic carbocycles. The Labute approximate surface area is 114 Å². The molecule has 0 aromatic heterocycles. The number of rotatable bonds is 3. The van der Waals surface area contributed by atoms with E-state index in [1.165, 1.54) is 0 Å². The summed E-state index contributed by atoms with van der Waals surface area (Å²) in [5, 5.41) is 0. The second kappa shape index (κ2) is 4.97. The van der Waals surface area contributed by atoms with Gasteiger partial charge in [-0.15, -0.1) is 0 Å². The van der Waals surface area contributed by atoms with Crippen molar-refractivity contribution in [2.75, 3.05) is 6.54 Å². The molecule has 1 aromatic carbocycles. The zero-order valence-corrected chi connectivity index (χ0v) is 12.0. The second-order valence-electron chi connectivity index (χ2n) is 5.17. The summed E-state index contributed by atoms with van der Waals surface area (Å²) in [5.74, 6) is 5.54. The molecule has 0 heterocycles. The molecule has 0 spiro atoms. The van der Waals surface area contributed by atoms with E-state index in [9.17, 15) is 8.42 Å². The molecule has 0 amide bonds. The first-order valence-electron chi connectivity index (χ1n) is 6.20. The average molecular weight is 278 g/mol. The molecule has 1 aliphatic rings. The quantitative estimate of drug-likeness (QED) is 0.814. The molecular weight excluding hydrogens is 260 g/mol. The molecule has 5 heteroatoms. The standard InChI is InChI=1S/C14H18N2O2S/c1-11-5-6-13(12(10-11)4-3-9-15)19(17,18)16-14(2)7-8-14/h5-6,10,16H,7-9,15H2,1-2H3. The van der Waals surface area contributed by atoms with Crippen LogP contribution in [0.5, 0.6) is 0 Å². The number of aryl methyl sites for hydroxylation is 1. The Morgan fingerprint density at radius 1 is 1.42 bits per heavy atom. The third kappa shape index (κ3) is 3.35. The molecule has 1 aromatic rings. The third-order valence-corrected chi connectivity index (χ3v) is 4.83. The Hall–Kier alpha value is -1.35. The minimum absolute atomic E-state index is 0.207. The summed E-state index contributed by atoms with van der Waals surface area (Å²) < 4.78 is 27.5. The van der Waals surface area contributed by atoms with Crippen molar-refractivity contribution in [3.63, 3.8) is 0 Å². The predicted octanol–water partition coefficient (Wildman–Crippen LogP) is 1.14. The lowest BCUT2D eigenvalue weighted by atomic mass is 10.1. The lowest BCUT2D eigenvalue weighted by Gasteiger charge is -2.13. The summed E-state index contributed by atoms with van der Waals surface area (Å²) in [6.07, 6.45) is 1.75. The van der Waals surface area contributed by atoms with Crippen molar-refractivity contribution in [2.24, 2.45) is 5.73 Å². The van der Waals surface area contributed by atoms with E-state index >= 15 is 0 Å². The summed E-state index contributed by atoms with van der Waals surface area (Å²) in [6, 6.07) is 5.15. The molecule has 0 atom stereocenters. The molecule has 0 radical (unpaired) electrons. The number of nitrogens with two attached hydrogens (primary N) is 1. The van der Waals surface area contributed by atoms with Crippen LogP contribution < -0.4 is 10.5 Å². The fraction of sp³-hybridized carbons (Fsp3) is 0.429. The molecular formula is C14H18N2O2S. The molecule has 4 nitrogen and oxygen atoms in total. The minimum atomic E-state index is -3.53. The van der Waals surface area contributed by atoms with Crippen molar-refractivity contribution in [3.05, 3.63) is 29.3 Å². The van der Waals surface area contributed by atoms with Crippen molar-refractivity contribution >= 4 is 10.0 Å². The Morgan fingerprint density at radius 3 is 2.68 bits per heavy atom. The molecule has 1 fully saturated rings. The highest BCUT2D eigenvalue weighted by atomic mass is 32.2. The van der Waals surface area contributed by atoms with E-state index in [0.717, 1.165) is 18.4 Å². The van der Waals surface area contributed by atoms with Gasteiger partial charge in [0.25, 0.3) is 0 Å². The van der Waals surface area contributed by atoms with Crippen LogP contribution in [0.25, 0.3) is 0 Å². The van der Waals surface area contributed by atoms with Gasteiger partial charge in [0.1, 0.15) is 0 Å². The van der Waals surface area contributed by atoms with E-state index in [0.29, 0.717) is 5.56 Å². The first-order chi connectivity index (χ1) is 8.86. The molecule has 2 rings (SSSR count). The third-order valence-electron chi connectivity index (χ3n) is 3.13. The number of benzene rings is 1. The van der Waals surface area contributed by atoms with Crippen molar-refractivity contribution in [1.82, 2.24) is 4.72 Å². The van der Waals surface area contributed by atoms with E-state index in [4.69, 9.17) is 5.73 Å². The van der Waals surface area contributed by atoms with Crippen LogP contribution in [0.15, 0.2) is 23.1 Å². The molecule has 0 saturated heterocycles. The van der Waals surface area contributed by atoms with E-state index in [-0.39, 0.29) is 17.0 Å². The Kier molecular flexibility index (Phi) is 3.68. The highest BCUT2D eigenvalue weighted by Crippen LogP contribution is 2.36. The van der Waals surface area contributed by atoms with Crippen LogP contribution >= 0.6 is 0 Å². The molecule has 19 heavy (non-hydrogen) atoms. The molecule has 0 aliphatic heterocycles. The summed E-state index contributed by atoms with van der Waals surface area (Å²) >= 11 is 0. The topological polar surface area (TPSA) is 72.2 Å².